The summed E-state index contributed by atoms with van der Waals surface area (Å²) in [5.41, 5.74) is 1.61. The number of rotatable bonds is 5. The van der Waals surface area contributed by atoms with Crippen LogP contribution in [-0.4, -0.2) is 17.0 Å². The number of aryl methyl sites for hydroxylation is 1. The Balaban J connectivity index is 2.80. The minimum atomic E-state index is -0.993. The third kappa shape index (κ3) is 3.87. The van der Waals surface area contributed by atoms with Crippen molar-refractivity contribution in [2.24, 2.45) is 5.92 Å². The second kappa shape index (κ2) is 6.19. The second-order valence-electron chi connectivity index (χ2n) is 4.60. The molecule has 98 valence electrons. The van der Waals surface area contributed by atoms with E-state index in [1.807, 2.05) is 20.8 Å². The minimum Gasteiger partial charge on any atom is -0.478 e. The zero-order valence-corrected chi connectivity index (χ0v) is 11.0. The van der Waals surface area contributed by atoms with Crippen LogP contribution < -0.4 is 5.32 Å². The van der Waals surface area contributed by atoms with Crippen molar-refractivity contribution in [3.05, 3.63) is 29.3 Å². The van der Waals surface area contributed by atoms with E-state index in [9.17, 15) is 9.59 Å². The first kappa shape index (κ1) is 14.2. The van der Waals surface area contributed by atoms with E-state index in [0.29, 0.717) is 18.0 Å². The van der Waals surface area contributed by atoms with E-state index in [1.165, 1.54) is 12.1 Å². The number of carboxylic acids is 1. The van der Waals surface area contributed by atoms with Crippen LogP contribution in [0, 0.1) is 12.8 Å². The zero-order valence-electron chi connectivity index (χ0n) is 11.0. The number of hydrogen-bond donors (Lipinski definition) is 2. The topological polar surface area (TPSA) is 66.4 Å². The van der Waals surface area contributed by atoms with Gasteiger partial charge in [-0.1, -0.05) is 26.3 Å². The maximum Gasteiger partial charge on any atom is 0.335 e. The highest BCUT2D eigenvalue weighted by atomic mass is 16.4. The van der Waals surface area contributed by atoms with E-state index in [-0.39, 0.29) is 11.5 Å². The molecule has 0 heterocycles. The zero-order chi connectivity index (χ0) is 13.7. The minimum absolute atomic E-state index is 0.0741. The maximum atomic E-state index is 11.8. The molecule has 1 aromatic rings. The summed E-state index contributed by atoms with van der Waals surface area (Å²) < 4.78 is 0. The first-order valence-electron chi connectivity index (χ1n) is 6.07. The van der Waals surface area contributed by atoms with Crippen molar-refractivity contribution in [1.29, 1.82) is 0 Å². The number of anilines is 1. The molecule has 0 spiro atoms. The SMILES string of the molecule is CCC(C)CC(=O)Nc1cc(C(=O)O)ccc1C. The number of amides is 1. The third-order valence-electron chi connectivity index (χ3n) is 2.99. The fourth-order valence-corrected chi connectivity index (χ4v) is 1.55. The molecule has 1 atom stereocenters. The molecule has 0 saturated heterocycles. The van der Waals surface area contributed by atoms with Gasteiger partial charge in [0.05, 0.1) is 5.56 Å². The molecule has 4 nitrogen and oxygen atoms in total. The summed E-state index contributed by atoms with van der Waals surface area (Å²) in [5, 5.41) is 11.7. The van der Waals surface area contributed by atoms with E-state index in [2.05, 4.69) is 5.32 Å². The van der Waals surface area contributed by atoms with Crippen molar-refractivity contribution >= 4 is 17.6 Å². The molecule has 0 aliphatic carbocycles. The Morgan fingerprint density at radius 1 is 1.39 bits per heavy atom. The normalized spacial score (nSPS) is 11.9. The van der Waals surface area contributed by atoms with E-state index in [0.717, 1.165) is 12.0 Å². The largest absolute Gasteiger partial charge is 0.478 e. The lowest BCUT2D eigenvalue weighted by atomic mass is 10.0. The molecule has 2 N–H and O–H groups in total. The van der Waals surface area contributed by atoms with Crippen LogP contribution in [0.3, 0.4) is 0 Å². The summed E-state index contributed by atoms with van der Waals surface area (Å²) in [4.78, 5) is 22.6. The molecule has 1 aromatic carbocycles. The molecular formula is C14H19NO3. The van der Waals surface area contributed by atoms with Crippen LogP contribution >= 0.6 is 0 Å². The van der Waals surface area contributed by atoms with Gasteiger partial charge in [0.15, 0.2) is 0 Å². The highest BCUT2D eigenvalue weighted by molar-refractivity contribution is 5.94. The fourth-order valence-electron chi connectivity index (χ4n) is 1.55. The Morgan fingerprint density at radius 2 is 2.06 bits per heavy atom. The number of nitrogens with one attached hydrogen (secondary N) is 1. The van der Waals surface area contributed by atoms with Crippen LogP contribution in [0.15, 0.2) is 18.2 Å². The molecule has 0 saturated carbocycles. The monoisotopic (exact) mass is 249 g/mol. The van der Waals surface area contributed by atoms with Gasteiger partial charge in [-0.05, 0) is 30.5 Å². The lowest BCUT2D eigenvalue weighted by molar-refractivity contribution is -0.117. The standard InChI is InChI=1S/C14H19NO3/c1-4-9(2)7-13(16)15-12-8-11(14(17)18)6-5-10(12)3/h5-6,8-9H,4,7H2,1-3H3,(H,15,16)(H,17,18). The van der Waals surface area contributed by atoms with Gasteiger partial charge >= 0.3 is 5.97 Å². The molecule has 1 rings (SSSR count). The molecule has 4 heteroatoms. The predicted octanol–water partition coefficient (Wildman–Crippen LogP) is 3.07. The van der Waals surface area contributed by atoms with Gasteiger partial charge in [-0.3, -0.25) is 4.79 Å². The molecule has 1 unspecified atom stereocenters. The van der Waals surface area contributed by atoms with Crippen molar-refractivity contribution in [3.63, 3.8) is 0 Å². The van der Waals surface area contributed by atoms with Crippen LogP contribution in [0.2, 0.25) is 0 Å². The summed E-state index contributed by atoms with van der Waals surface area (Å²) in [7, 11) is 0. The van der Waals surface area contributed by atoms with E-state index in [4.69, 9.17) is 5.11 Å². The number of aromatic carboxylic acids is 1. The van der Waals surface area contributed by atoms with E-state index >= 15 is 0 Å². The first-order valence-corrected chi connectivity index (χ1v) is 6.07. The van der Waals surface area contributed by atoms with Gasteiger partial charge in [0.1, 0.15) is 0 Å². The number of hydrogen-bond acceptors (Lipinski definition) is 2. The summed E-state index contributed by atoms with van der Waals surface area (Å²) in [6, 6.07) is 4.72. The highest BCUT2D eigenvalue weighted by Crippen LogP contribution is 2.18. The maximum absolute atomic E-state index is 11.8. The van der Waals surface area contributed by atoms with Crippen molar-refractivity contribution in [3.8, 4) is 0 Å². The number of carbonyl (C=O) groups is 2. The fraction of sp³-hybridized carbons (Fsp3) is 0.429. The summed E-state index contributed by atoms with van der Waals surface area (Å²) in [6.07, 6.45) is 1.40. The molecule has 0 bridgehead atoms. The number of carboxylic acid groups (broad SMARTS) is 1. The Morgan fingerprint density at radius 3 is 2.61 bits per heavy atom. The van der Waals surface area contributed by atoms with Crippen LogP contribution in [0.5, 0.6) is 0 Å². The molecule has 0 aliphatic heterocycles. The van der Waals surface area contributed by atoms with Gasteiger partial charge in [-0.2, -0.15) is 0 Å². The Labute approximate surface area is 107 Å². The van der Waals surface area contributed by atoms with Crippen molar-refractivity contribution < 1.29 is 14.7 Å². The Bertz CT molecular complexity index is 454. The Hall–Kier alpha value is -1.84. The summed E-state index contributed by atoms with van der Waals surface area (Å²) in [5.74, 6) is -0.740. The average molecular weight is 249 g/mol. The van der Waals surface area contributed by atoms with Crippen LogP contribution in [-0.2, 0) is 4.79 Å². The van der Waals surface area contributed by atoms with Crippen molar-refractivity contribution in [1.82, 2.24) is 0 Å². The van der Waals surface area contributed by atoms with Gasteiger partial charge in [0.25, 0.3) is 0 Å². The quantitative estimate of drug-likeness (QED) is 0.842. The number of benzene rings is 1. The molecule has 0 radical (unpaired) electrons. The lowest BCUT2D eigenvalue weighted by Crippen LogP contribution is -2.16. The van der Waals surface area contributed by atoms with Crippen molar-refractivity contribution in [2.75, 3.05) is 5.32 Å². The predicted molar refractivity (Wildman–Crippen MR) is 70.8 cm³/mol. The van der Waals surface area contributed by atoms with Gasteiger partial charge in [0.2, 0.25) is 5.91 Å². The highest BCUT2D eigenvalue weighted by Gasteiger charge is 2.11. The average Bonchev–Trinajstić information content (AvgIpc) is 2.31. The van der Waals surface area contributed by atoms with Gasteiger partial charge in [-0.15, -0.1) is 0 Å². The molecule has 18 heavy (non-hydrogen) atoms. The van der Waals surface area contributed by atoms with Gasteiger partial charge in [-0.25, -0.2) is 4.79 Å². The second-order valence-corrected chi connectivity index (χ2v) is 4.60. The Kier molecular flexibility index (Phi) is 4.89. The summed E-state index contributed by atoms with van der Waals surface area (Å²) in [6.45, 7) is 5.89. The smallest absolute Gasteiger partial charge is 0.335 e. The third-order valence-corrected chi connectivity index (χ3v) is 2.99. The number of carbonyl (C=O) groups excluding carboxylic acids is 1. The molecule has 0 aromatic heterocycles. The van der Waals surface area contributed by atoms with E-state index in [1.54, 1.807) is 6.07 Å². The van der Waals surface area contributed by atoms with Gasteiger partial charge in [0, 0.05) is 12.1 Å². The first-order chi connectivity index (χ1) is 8.43. The summed E-state index contributed by atoms with van der Waals surface area (Å²) >= 11 is 0. The van der Waals surface area contributed by atoms with Crippen LogP contribution in [0.4, 0.5) is 5.69 Å². The van der Waals surface area contributed by atoms with Crippen LogP contribution in [0.25, 0.3) is 0 Å². The molecule has 0 aliphatic rings. The van der Waals surface area contributed by atoms with E-state index < -0.39 is 5.97 Å². The molecule has 0 fully saturated rings. The molecule has 1 amide bonds. The van der Waals surface area contributed by atoms with Crippen molar-refractivity contribution in [2.45, 2.75) is 33.6 Å². The van der Waals surface area contributed by atoms with Gasteiger partial charge < -0.3 is 10.4 Å². The van der Waals surface area contributed by atoms with Crippen LogP contribution in [0.1, 0.15) is 42.6 Å². The molecular weight excluding hydrogens is 230 g/mol. The lowest BCUT2D eigenvalue weighted by Gasteiger charge is -2.11.